The second-order valence-electron chi connectivity index (χ2n) is 5.93. The third-order valence-corrected chi connectivity index (χ3v) is 4.50. The number of pyridine rings is 2. The molecule has 0 spiro atoms. The highest BCUT2D eigenvalue weighted by Gasteiger charge is 2.20. The molecule has 0 radical (unpaired) electrons. The van der Waals surface area contributed by atoms with E-state index in [1.54, 1.807) is 0 Å². The van der Waals surface area contributed by atoms with Crippen LogP contribution in [0.2, 0.25) is 0 Å². The molecule has 4 heteroatoms. The van der Waals surface area contributed by atoms with E-state index in [2.05, 4.69) is 38.2 Å². The van der Waals surface area contributed by atoms with Gasteiger partial charge >= 0.3 is 0 Å². The van der Waals surface area contributed by atoms with Crippen LogP contribution < -0.4 is 5.32 Å². The van der Waals surface area contributed by atoms with Crippen LogP contribution in [0.3, 0.4) is 0 Å². The van der Waals surface area contributed by atoms with E-state index in [1.807, 2.05) is 30.6 Å². The van der Waals surface area contributed by atoms with Crippen molar-refractivity contribution in [3.05, 3.63) is 60.2 Å². The number of hydrogen-bond acceptors (Lipinski definition) is 3. The lowest BCUT2D eigenvalue weighted by molar-refractivity contribution is 0.461. The fourth-order valence-corrected chi connectivity index (χ4v) is 3.39. The van der Waals surface area contributed by atoms with Crippen molar-refractivity contribution in [3.63, 3.8) is 0 Å². The van der Waals surface area contributed by atoms with Crippen molar-refractivity contribution < 1.29 is 0 Å². The lowest BCUT2D eigenvalue weighted by Crippen LogP contribution is -2.26. The van der Waals surface area contributed by atoms with E-state index in [1.165, 1.54) is 23.8 Å². The molecule has 0 aromatic carbocycles. The van der Waals surface area contributed by atoms with Crippen LogP contribution in [0.4, 0.5) is 0 Å². The molecule has 0 atom stereocenters. The molecule has 0 saturated carbocycles. The zero-order valence-corrected chi connectivity index (χ0v) is 12.6. The van der Waals surface area contributed by atoms with Gasteiger partial charge in [-0.3, -0.25) is 4.98 Å². The van der Waals surface area contributed by atoms with Crippen molar-refractivity contribution in [1.82, 2.24) is 19.9 Å². The summed E-state index contributed by atoms with van der Waals surface area (Å²) in [6, 6.07) is 10.3. The largest absolute Gasteiger partial charge is 0.326 e. The monoisotopic (exact) mass is 292 g/mol. The van der Waals surface area contributed by atoms with E-state index in [0.29, 0.717) is 5.92 Å². The van der Waals surface area contributed by atoms with Gasteiger partial charge in [-0.25, -0.2) is 4.98 Å². The van der Waals surface area contributed by atoms with Gasteiger partial charge in [0.05, 0.1) is 12.2 Å². The molecule has 1 aliphatic rings. The lowest BCUT2D eigenvalue weighted by Gasteiger charge is -2.22. The maximum absolute atomic E-state index is 4.61. The molecule has 1 N–H and O–H groups in total. The molecule has 112 valence electrons. The van der Waals surface area contributed by atoms with Gasteiger partial charge < -0.3 is 9.88 Å². The summed E-state index contributed by atoms with van der Waals surface area (Å²) in [6.45, 7) is 3.00. The Bertz CT molecular complexity index is 757. The van der Waals surface area contributed by atoms with Crippen molar-refractivity contribution in [2.24, 2.45) is 0 Å². The number of piperidine rings is 1. The molecular weight excluding hydrogens is 272 g/mol. The number of fused-ring (bicyclic) bond motifs is 1. The molecule has 1 saturated heterocycles. The third kappa shape index (κ3) is 2.50. The molecule has 0 amide bonds. The Balaban J connectivity index is 1.75. The first-order chi connectivity index (χ1) is 10.9. The standard InChI is InChI=1S/C18H20N4/c1-2-8-20-15(4-1)12-22-13-17(14-6-10-19-11-7-14)16-5-3-9-21-18(16)22/h1-5,8-9,13-14,19H,6-7,10-12H2. The molecule has 3 aromatic rings. The predicted molar refractivity (Wildman–Crippen MR) is 87.9 cm³/mol. The van der Waals surface area contributed by atoms with Gasteiger partial charge in [0.25, 0.3) is 0 Å². The molecule has 1 aliphatic heterocycles. The minimum atomic E-state index is 0.637. The quantitative estimate of drug-likeness (QED) is 0.807. The van der Waals surface area contributed by atoms with Crippen LogP contribution in [0, 0.1) is 0 Å². The van der Waals surface area contributed by atoms with E-state index in [-0.39, 0.29) is 0 Å². The van der Waals surface area contributed by atoms with Gasteiger partial charge in [-0.1, -0.05) is 6.07 Å². The van der Waals surface area contributed by atoms with Crippen molar-refractivity contribution in [2.75, 3.05) is 13.1 Å². The fraction of sp³-hybridized carbons (Fsp3) is 0.333. The van der Waals surface area contributed by atoms with Crippen LogP contribution in [0.5, 0.6) is 0 Å². The van der Waals surface area contributed by atoms with E-state index in [4.69, 9.17) is 0 Å². The highest BCUT2D eigenvalue weighted by Crippen LogP contribution is 2.32. The number of hydrogen-bond donors (Lipinski definition) is 1. The normalized spacial score (nSPS) is 16.2. The van der Waals surface area contributed by atoms with Crippen molar-refractivity contribution in [2.45, 2.75) is 25.3 Å². The predicted octanol–water partition coefficient (Wildman–Crippen LogP) is 2.95. The number of nitrogens with one attached hydrogen (secondary N) is 1. The van der Waals surface area contributed by atoms with E-state index >= 15 is 0 Å². The Morgan fingerprint density at radius 3 is 2.73 bits per heavy atom. The second kappa shape index (κ2) is 5.89. The first-order valence-corrected chi connectivity index (χ1v) is 7.96. The Kier molecular flexibility index (Phi) is 3.60. The average molecular weight is 292 g/mol. The van der Waals surface area contributed by atoms with Gasteiger partial charge in [0.15, 0.2) is 0 Å². The number of rotatable bonds is 3. The molecule has 0 bridgehead atoms. The average Bonchev–Trinajstić information content (AvgIpc) is 2.96. The molecular formula is C18H20N4. The SMILES string of the molecule is c1ccc(Cn2cc(C3CCNCC3)c3cccnc32)nc1. The van der Waals surface area contributed by atoms with Crippen LogP contribution >= 0.6 is 0 Å². The fourth-order valence-electron chi connectivity index (χ4n) is 3.39. The van der Waals surface area contributed by atoms with Gasteiger partial charge in [0.1, 0.15) is 5.65 Å². The summed E-state index contributed by atoms with van der Waals surface area (Å²) in [7, 11) is 0. The van der Waals surface area contributed by atoms with Crippen LogP contribution in [0.15, 0.2) is 48.9 Å². The summed E-state index contributed by atoms with van der Waals surface area (Å²) in [5.41, 5.74) is 3.59. The summed E-state index contributed by atoms with van der Waals surface area (Å²) >= 11 is 0. The molecule has 4 nitrogen and oxygen atoms in total. The Morgan fingerprint density at radius 1 is 1.05 bits per heavy atom. The van der Waals surface area contributed by atoms with E-state index in [9.17, 15) is 0 Å². The molecule has 22 heavy (non-hydrogen) atoms. The van der Waals surface area contributed by atoms with Gasteiger partial charge in [-0.15, -0.1) is 0 Å². The molecule has 0 aliphatic carbocycles. The first-order valence-electron chi connectivity index (χ1n) is 7.96. The van der Waals surface area contributed by atoms with E-state index < -0.39 is 0 Å². The Morgan fingerprint density at radius 2 is 1.91 bits per heavy atom. The van der Waals surface area contributed by atoms with Crippen LogP contribution in [0.1, 0.15) is 30.0 Å². The maximum atomic E-state index is 4.61. The van der Waals surface area contributed by atoms with Gasteiger partial charge in [-0.05, 0) is 61.7 Å². The maximum Gasteiger partial charge on any atom is 0.140 e. The summed E-state index contributed by atoms with van der Waals surface area (Å²) < 4.78 is 2.25. The van der Waals surface area contributed by atoms with Crippen LogP contribution in [-0.4, -0.2) is 27.6 Å². The molecule has 1 fully saturated rings. The first kappa shape index (κ1) is 13.5. The minimum Gasteiger partial charge on any atom is -0.326 e. The zero-order valence-electron chi connectivity index (χ0n) is 12.6. The smallest absolute Gasteiger partial charge is 0.140 e. The third-order valence-electron chi connectivity index (χ3n) is 4.50. The van der Waals surface area contributed by atoms with E-state index in [0.717, 1.165) is 31.0 Å². The van der Waals surface area contributed by atoms with Crippen LogP contribution in [0.25, 0.3) is 11.0 Å². The summed E-state index contributed by atoms with van der Waals surface area (Å²) in [5.74, 6) is 0.637. The second-order valence-corrected chi connectivity index (χ2v) is 5.93. The van der Waals surface area contributed by atoms with Crippen LogP contribution in [-0.2, 0) is 6.54 Å². The number of aromatic nitrogens is 3. The highest BCUT2D eigenvalue weighted by molar-refractivity contribution is 5.81. The summed E-state index contributed by atoms with van der Waals surface area (Å²) in [6.07, 6.45) is 8.43. The summed E-state index contributed by atoms with van der Waals surface area (Å²) in [5, 5.41) is 4.74. The molecule has 4 heterocycles. The number of nitrogens with zero attached hydrogens (tertiary/aromatic N) is 3. The zero-order chi connectivity index (χ0) is 14.8. The molecule has 4 rings (SSSR count). The minimum absolute atomic E-state index is 0.637. The summed E-state index contributed by atoms with van der Waals surface area (Å²) in [4.78, 5) is 9.06. The lowest BCUT2D eigenvalue weighted by atomic mass is 9.90. The molecule has 0 unspecified atom stereocenters. The van der Waals surface area contributed by atoms with Crippen molar-refractivity contribution >= 4 is 11.0 Å². The Labute approximate surface area is 130 Å². The molecule has 3 aromatic heterocycles. The van der Waals surface area contributed by atoms with Crippen molar-refractivity contribution in [3.8, 4) is 0 Å². The van der Waals surface area contributed by atoms with Gasteiger partial charge in [0, 0.05) is 24.0 Å². The van der Waals surface area contributed by atoms with Gasteiger partial charge in [0.2, 0.25) is 0 Å². The van der Waals surface area contributed by atoms with Crippen molar-refractivity contribution in [1.29, 1.82) is 0 Å². The van der Waals surface area contributed by atoms with Gasteiger partial charge in [-0.2, -0.15) is 0 Å². The highest BCUT2D eigenvalue weighted by atomic mass is 15.0. The Hall–Kier alpha value is -2.20. The topological polar surface area (TPSA) is 42.7 Å².